The van der Waals surface area contributed by atoms with Crippen LogP contribution in [-0.2, 0) is 17.9 Å². The van der Waals surface area contributed by atoms with E-state index in [0.717, 1.165) is 19.6 Å². The molecule has 0 unspecified atom stereocenters. The lowest BCUT2D eigenvalue weighted by atomic mass is 10.2. The number of nitrogens with one attached hydrogen (secondary N) is 2. The maximum atomic E-state index is 11.6. The Bertz CT molecular complexity index is 574. The van der Waals surface area contributed by atoms with Gasteiger partial charge < -0.3 is 15.2 Å². The van der Waals surface area contributed by atoms with E-state index in [1.165, 1.54) is 16.5 Å². The average molecular weight is 273 g/mol. The van der Waals surface area contributed by atoms with Crippen LogP contribution in [0.25, 0.3) is 10.9 Å². The van der Waals surface area contributed by atoms with Gasteiger partial charge in [0.15, 0.2) is 0 Å². The Balaban J connectivity index is 2.17. The van der Waals surface area contributed by atoms with Gasteiger partial charge in [-0.15, -0.1) is 0 Å². The first-order chi connectivity index (χ1) is 9.76. The number of benzene rings is 1. The van der Waals surface area contributed by atoms with Crippen LogP contribution in [0, 0.1) is 0 Å². The molecule has 1 heterocycles. The van der Waals surface area contributed by atoms with Crippen LogP contribution < -0.4 is 10.6 Å². The van der Waals surface area contributed by atoms with Gasteiger partial charge in [0.1, 0.15) is 0 Å². The average Bonchev–Trinajstić information content (AvgIpc) is 2.82. The first kappa shape index (κ1) is 14.6. The highest BCUT2D eigenvalue weighted by Gasteiger charge is 2.08. The zero-order chi connectivity index (χ0) is 14.4. The molecule has 1 aromatic heterocycles. The van der Waals surface area contributed by atoms with E-state index in [2.05, 4.69) is 46.5 Å². The lowest BCUT2D eigenvalue weighted by Gasteiger charge is -2.05. The lowest BCUT2D eigenvalue weighted by Crippen LogP contribution is -2.23. The molecule has 0 saturated heterocycles. The Hall–Kier alpha value is -1.81. The molecule has 4 nitrogen and oxygen atoms in total. The third-order valence-corrected chi connectivity index (χ3v) is 3.39. The molecule has 0 atom stereocenters. The van der Waals surface area contributed by atoms with Crippen molar-refractivity contribution in [3.8, 4) is 0 Å². The maximum Gasteiger partial charge on any atom is 0.221 e. The van der Waals surface area contributed by atoms with Gasteiger partial charge in [0.05, 0.1) is 0 Å². The van der Waals surface area contributed by atoms with E-state index < -0.39 is 0 Å². The molecule has 2 rings (SSSR count). The van der Waals surface area contributed by atoms with Crippen LogP contribution in [0.3, 0.4) is 0 Å². The van der Waals surface area contributed by atoms with Gasteiger partial charge in [-0.1, -0.05) is 25.1 Å². The number of carbonyl (C=O) groups is 1. The first-order valence-electron chi connectivity index (χ1n) is 7.30. The minimum atomic E-state index is 0.110. The summed E-state index contributed by atoms with van der Waals surface area (Å²) in [6.07, 6.45) is 2.68. The molecule has 0 aliphatic rings. The normalized spacial score (nSPS) is 10.9. The number of rotatable bonds is 7. The third-order valence-electron chi connectivity index (χ3n) is 3.39. The minimum Gasteiger partial charge on any atom is -0.356 e. The number of carbonyl (C=O) groups excluding carboxylic acids is 1. The lowest BCUT2D eigenvalue weighted by molar-refractivity contribution is -0.121. The van der Waals surface area contributed by atoms with Gasteiger partial charge in [0.2, 0.25) is 5.91 Å². The number of aryl methyl sites for hydroxylation is 1. The molecule has 0 fully saturated rings. The van der Waals surface area contributed by atoms with E-state index in [1.807, 2.05) is 13.0 Å². The molecule has 4 heteroatoms. The van der Waals surface area contributed by atoms with Crippen molar-refractivity contribution < 1.29 is 4.79 Å². The van der Waals surface area contributed by atoms with Gasteiger partial charge in [0, 0.05) is 43.2 Å². The van der Waals surface area contributed by atoms with Crippen LogP contribution in [0.2, 0.25) is 0 Å². The Kier molecular flexibility index (Phi) is 5.18. The molecule has 2 N–H and O–H groups in total. The molecule has 0 saturated carbocycles. The van der Waals surface area contributed by atoms with E-state index in [4.69, 9.17) is 0 Å². The number of para-hydroxylation sites is 1. The topological polar surface area (TPSA) is 46.1 Å². The van der Waals surface area contributed by atoms with E-state index in [-0.39, 0.29) is 5.91 Å². The highest BCUT2D eigenvalue weighted by molar-refractivity contribution is 5.84. The van der Waals surface area contributed by atoms with Crippen molar-refractivity contribution in [2.45, 2.75) is 33.4 Å². The Morgan fingerprint density at radius 1 is 1.20 bits per heavy atom. The van der Waals surface area contributed by atoms with E-state index >= 15 is 0 Å². The zero-order valence-corrected chi connectivity index (χ0v) is 12.3. The second-order valence-corrected chi connectivity index (χ2v) is 4.85. The Morgan fingerprint density at radius 2 is 2.00 bits per heavy atom. The number of hydrogen-bond acceptors (Lipinski definition) is 2. The van der Waals surface area contributed by atoms with Gasteiger partial charge in [-0.25, -0.2) is 0 Å². The fraction of sp³-hybridized carbons (Fsp3) is 0.438. The summed E-state index contributed by atoms with van der Waals surface area (Å²) in [6, 6.07) is 8.36. The molecule has 1 aromatic carbocycles. The molecule has 20 heavy (non-hydrogen) atoms. The second-order valence-electron chi connectivity index (χ2n) is 4.85. The molecular formula is C16H23N3O. The van der Waals surface area contributed by atoms with Gasteiger partial charge in [0.25, 0.3) is 0 Å². The van der Waals surface area contributed by atoms with Crippen LogP contribution in [0.15, 0.2) is 30.5 Å². The van der Waals surface area contributed by atoms with E-state index in [9.17, 15) is 4.79 Å². The number of aromatic nitrogens is 1. The fourth-order valence-electron chi connectivity index (χ4n) is 2.42. The summed E-state index contributed by atoms with van der Waals surface area (Å²) in [4.78, 5) is 11.6. The SMILES string of the molecule is CCNCc1cn(CCC(=O)NCC)c2ccccc12. The molecular weight excluding hydrogens is 250 g/mol. The van der Waals surface area contributed by atoms with Crippen LogP contribution in [0.5, 0.6) is 0 Å². The van der Waals surface area contributed by atoms with E-state index in [1.54, 1.807) is 0 Å². The molecule has 0 radical (unpaired) electrons. The number of hydrogen-bond donors (Lipinski definition) is 2. The first-order valence-corrected chi connectivity index (χ1v) is 7.30. The van der Waals surface area contributed by atoms with Crippen LogP contribution in [-0.4, -0.2) is 23.6 Å². The number of fused-ring (bicyclic) bond motifs is 1. The van der Waals surface area contributed by atoms with Crippen molar-refractivity contribution in [2.24, 2.45) is 0 Å². The van der Waals surface area contributed by atoms with Crippen molar-refractivity contribution in [2.75, 3.05) is 13.1 Å². The molecule has 0 bridgehead atoms. The quantitative estimate of drug-likeness (QED) is 0.813. The summed E-state index contributed by atoms with van der Waals surface area (Å²) in [6.45, 7) is 7.28. The van der Waals surface area contributed by atoms with Crippen molar-refractivity contribution >= 4 is 16.8 Å². The van der Waals surface area contributed by atoms with Gasteiger partial charge in [-0.05, 0) is 25.1 Å². The maximum absolute atomic E-state index is 11.6. The van der Waals surface area contributed by atoms with Crippen LogP contribution in [0.1, 0.15) is 25.8 Å². The largest absolute Gasteiger partial charge is 0.356 e. The second kappa shape index (κ2) is 7.10. The van der Waals surface area contributed by atoms with E-state index in [0.29, 0.717) is 13.0 Å². The van der Waals surface area contributed by atoms with Gasteiger partial charge in [-0.2, -0.15) is 0 Å². The van der Waals surface area contributed by atoms with Crippen molar-refractivity contribution in [3.05, 3.63) is 36.0 Å². The number of nitrogens with zero attached hydrogens (tertiary/aromatic N) is 1. The summed E-state index contributed by atoms with van der Waals surface area (Å²) in [5, 5.41) is 7.47. The van der Waals surface area contributed by atoms with Crippen LogP contribution >= 0.6 is 0 Å². The van der Waals surface area contributed by atoms with Gasteiger partial charge >= 0.3 is 0 Å². The third kappa shape index (κ3) is 3.39. The van der Waals surface area contributed by atoms with Crippen molar-refractivity contribution in [1.29, 1.82) is 0 Å². The predicted molar refractivity (Wildman–Crippen MR) is 82.6 cm³/mol. The monoisotopic (exact) mass is 273 g/mol. The minimum absolute atomic E-state index is 0.110. The summed E-state index contributed by atoms with van der Waals surface area (Å²) in [7, 11) is 0. The summed E-state index contributed by atoms with van der Waals surface area (Å²) < 4.78 is 2.18. The molecule has 1 amide bonds. The molecule has 2 aromatic rings. The van der Waals surface area contributed by atoms with Crippen molar-refractivity contribution in [1.82, 2.24) is 15.2 Å². The van der Waals surface area contributed by atoms with Crippen LogP contribution in [0.4, 0.5) is 0 Å². The smallest absolute Gasteiger partial charge is 0.221 e. The summed E-state index contributed by atoms with van der Waals surface area (Å²) >= 11 is 0. The standard InChI is InChI=1S/C16H23N3O/c1-3-17-11-13-12-19(10-9-16(20)18-4-2)15-8-6-5-7-14(13)15/h5-8,12,17H,3-4,9-11H2,1-2H3,(H,18,20). The number of amides is 1. The predicted octanol–water partition coefficient (Wildman–Crippen LogP) is 2.28. The fourth-order valence-corrected chi connectivity index (χ4v) is 2.42. The Labute approximate surface area is 120 Å². The highest BCUT2D eigenvalue weighted by Crippen LogP contribution is 2.21. The van der Waals surface area contributed by atoms with Crippen molar-refractivity contribution in [3.63, 3.8) is 0 Å². The zero-order valence-electron chi connectivity index (χ0n) is 12.3. The highest BCUT2D eigenvalue weighted by atomic mass is 16.1. The molecule has 108 valence electrons. The molecule has 0 aliphatic carbocycles. The Morgan fingerprint density at radius 3 is 2.75 bits per heavy atom. The summed E-state index contributed by atoms with van der Waals surface area (Å²) in [5.74, 6) is 0.110. The molecule has 0 aliphatic heterocycles. The summed E-state index contributed by atoms with van der Waals surface area (Å²) in [5.41, 5.74) is 2.49. The van der Waals surface area contributed by atoms with Gasteiger partial charge in [-0.3, -0.25) is 4.79 Å². The molecule has 0 spiro atoms.